The molecule has 0 aliphatic heterocycles. The number of ether oxygens (including phenoxy) is 1. The number of carbonyl (C=O) groups is 1. The van der Waals surface area contributed by atoms with Gasteiger partial charge in [-0.3, -0.25) is 0 Å². The second-order valence-electron chi connectivity index (χ2n) is 4.79. The van der Waals surface area contributed by atoms with Gasteiger partial charge in [0.25, 0.3) is 0 Å². The van der Waals surface area contributed by atoms with Crippen molar-refractivity contribution in [2.24, 2.45) is 5.10 Å². The molecular weight excluding hydrogens is 235 g/mol. The van der Waals surface area contributed by atoms with Crippen LogP contribution in [0.2, 0.25) is 0 Å². The zero-order valence-electron chi connectivity index (χ0n) is 11.0. The van der Waals surface area contributed by atoms with E-state index in [1.165, 1.54) is 6.07 Å². The smallest absolute Gasteiger partial charge is 0.428 e. The summed E-state index contributed by atoms with van der Waals surface area (Å²) < 4.78 is 18.4. The van der Waals surface area contributed by atoms with Crippen LogP contribution in [-0.4, -0.2) is 17.4 Å². The normalized spacial score (nSPS) is 12.2. The fraction of sp³-hybridized carbons (Fsp3) is 0.385. The summed E-state index contributed by atoms with van der Waals surface area (Å²) >= 11 is 0. The summed E-state index contributed by atoms with van der Waals surface area (Å²) in [7, 11) is 0. The van der Waals surface area contributed by atoms with E-state index in [0.717, 1.165) is 0 Å². The number of nitrogens with one attached hydrogen (secondary N) is 1. The Labute approximate surface area is 106 Å². The van der Waals surface area contributed by atoms with Gasteiger partial charge in [0.2, 0.25) is 0 Å². The SMILES string of the molecule is C/C(=N/NC(=O)OC(C)(C)C)c1ccccc1F. The number of nitrogens with zero attached hydrogens (tertiary/aromatic N) is 1. The molecule has 1 amide bonds. The molecule has 98 valence electrons. The molecule has 1 aromatic carbocycles. The van der Waals surface area contributed by atoms with Crippen LogP contribution >= 0.6 is 0 Å². The Hall–Kier alpha value is -1.91. The highest BCUT2D eigenvalue weighted by Gasteiger charge is 2.15. The molecule has 0 aliphatic carbocycles. The Morgan fingerprint density at radius 1 is 1.33 bits per heavy atom. The molecule has 0 aromatic heterocycles. The first-order valence-electron chi connectivity index (χ1n) is 5.58. The average molecular weight is 252 g/mol. The number of halogens is 1. The molecule has 0 saturated carbocycles. The van der Waals surface area contributed by atoms with Gasteiger partial charge in [-0.15, -0.1) is 0 Å². The van der Waals surface area contributed by atoms with Crippen LogP contribution < -0.4 is 5.43 Å². The van der Waals surface area contributed by atoms with E-state index in [4.69, 9.17) is 4.74 Å². The second-order valence-corrected chi connectivity index (χ2v) is 4.79. The molecule has 18 heavy (non-hydrogen) atoms. The first-order valence-corrected chi connectivity index (χ1v) is 5.58. The van der Waals surface area contributed by atoms with Crippen molar-refractivity contribution in [3.8, 4) is 0 Å². The molecular formula is C13H17FN2O2. The Bertz CT molecular complexity index is 464. The molecule has 1 aromatic rings. The number of hydrogen-bond acceptors (Lipinski definition) is 3. The number of benzene rings is 1. The zero-order chi connectivity index (χ0) is 13.8. The molecule has 0 saturated heterocycles. The average Bonchev–Trinajstić information content (AvgIpc) is 2.24. The van der Waals surface area contributed by atoms with Gasteiger partial charge in [-0.05, 0) is 33.8 Å². The van der Waals surface area contributed by atoms with Crippen LogP contribution in [0.1, 0.15) is 33.3 Å². The van der Waals surface area contributed by atoms with Crippen molar-refractivity contribution in [1.29, 1.82) is 0 Å². The number of rotatable bonds is 2. The molecule has 1 N–H and O–H groups in total. The van der Waals surface area contributed by atoms with E-state index in [-0.39, 0.29) is 5.82 Å². The van der Waals surface area contributed by atoms with Crippen LogP contribution in [0.15, 0.2) is 29.4 Å². The molecule has 0 bridgehead atoms. The van der Waals surface area contributed by atoms with E-state index in [0.29, 0.717) is 11.3 Å². The molecule has 0 radical (unpaired) electrons. The van der Waals surface area contributed by atoms with Crippen molar-refractivity contribution in [2.45, 2.75) is 33.3 Å². The van der Waals surface area contributed by atoms with Gasteiger partial charge >= 0.3 is 6.09 Å². The lowest BCUT2D eigenvalue weighted by atomic mass is 10.1. The van der Waals surface area contributed by atoms with E-state index >= 15 is 0 Å². The van der Waals surface area contributed by atoms with Crippen molar-refractivity contribution in [3.05, 3.63) is 35.6 Å². The minimum Gasteiger partial charge on any atom is -0.443 e. The number of hydrogen-bond donors (Lipinski definition) is 1. The second kappa shape index (κ2) is 5.62. The largest absolute Gasteiger partial charge is 0.443 e. The van der Waals surface area contributed by atoms with Crippen LogP contribution in [-0.2, 0) is 4.74 Å². The van der Waals surface area contributed by atoms with Crippen molar-refractivity contribution in [3.63, 3.8) is 0 Å². The monoisotopic (exact) mass is 252 g/mol. The standard InChI is InChI=1S/C13H17FN2O2/c1-9(10-7-5-6-8-11(10)14)15-16-12(17)18-13(2,3)4/h5-8H,1-4H3,(H,16,17)/b15-9-. The van der Waals surface area contributed by atoms with Crippen molar-refractivity contribution in [1.82, 2.24) is 5.43 Å². The van der Waals surface area contributed by atoms with E-state index in [1.54, 1.807) is 45.9 Å². The molecule has 0 aliphatic rings. The Morgan fingerprint density at radius 3 is 2.50 bits per heavy atom. The summed E-state index contributed by atoms with van der Waals surface area (Å²) in [6, 6.07) is 6.21. The minimum atomic E-state index is -0.668. The third-order valence-corrected chi connectivity index (χ3v) is 1.98. The summed E-state index contributed by atoms with van der Waals surface area (Å²) in [5.74, 6) is -0.385. The van der Waals surface area contributed by atoms with E-state index in [9.17, 15) is 9.18 Å². The molecule has 0 atom stereocenters. The summed E-state index contributed by atoms with van der Waals surface area (Å²) in [6.07, 6.45) is -0.668. The Balaban J connectivity index is 2.69. The lowest BCUT2D eigenvalue weighted by molar-refractivity contribution is 0.0529. The fourth-order valence-electron chi connectivity index (χ4n) is 1.25. The minimum absolute atomic E-state index is 0.341. The van der Waals surface area contributed by atoms with E-state index < -0.39 is 11.7 Å². The number of carbonyl (C=O) groups excluding carboxylic acids is 1. The van der Waals surface area contributed by atoms with Crippen LogP contribution in [0.4, 0.5) is 9.18 Å². The topological polar surface area (TPSA) is 50.7 Å². The van der Waals surface area contributed by atoms with Crippen LogP contribution in [0.25, 0.3) is 0 Å². The highest BCUT2D eigenvalue weighted by Crippen LogP contribution is 2.08. The molecule has 5 heteroatoms. The maximum absolute atomic E-state index is 13.4. The van der Waals surface area contributed by atoms with Gasteiger partial charge in [0.05, 0.1) is 5.71 Å². The van der Waals surface area contributed by atoms with Crippen molar-refractivity contribution in [2.75, 3.05) is 0 Å². The number of amides is 1. The summed E-state index contributed by atoms with van der Waals surface area (Å²) in [4.78, 5) is 11.3. The maximum Gasteiger partial charge on any atom is 0.428 e. The highest BCUT2D eigenvalue weighted by molar-refractivity contribution is 5.99. The highest BCUT2D eigenvalue weighted by atomic mass is 19.1. The lowest BCUT2D eigenvalue weighted by Gasteiger charge is -2.18. The van der Waals surface area contributed by atoms with Gasteiger partial charge in [-0.25, -0.2) is 14.6 Å². The predicted octanol–water partition coefficient (Wildman–Crippen LogP) is 3.07. The van der Waals surface area contributed by atoms with Crippen molar-refractivity contribution < 1.29 is 13.9 Å². The van der Waals surface area contributed by atoms with Crippen LogP contribution in [0.5, 0.6) is 0 Å². The molecule has 1 rings (SSSR count). The summed E-state index contributed by atoms with van der Waals surface area (Å²) in [5, 5.41) is 3.79. The predicted molar refractivity (Wildman–Crippen MR) is 68.0 cm³/mol. The van der Waals surface area contributed by atoms with Gasteiger partial charge in [-0.2, -0.15) is 5.10 Å². The van der Waals surface area contributed by atoms with Crippen molar-refractivity contribution >= 4 is 11.8 Å². The zero-order valence-corrected chi connectivity index (χ0v) is 11.0. The summed E-state index contributed by atoms with van der Waals surface area (Å²) in [5.41, 5.74) is 2.35. The molecule has 0 fully saturated rings. The van der Waals surface area contributed by atoms with Gasteiger partial charge in [0, 0.05) is 5.56 Å². The fourth-order valence-corrected chi connectivity index (χ4v) is 1.25. The number of hydrazone groups is 1. The van der Waals surface area contributed by atoms with Gasteiger partial charge in [0.15, 0.2) is 0 Å². The van der Waals surface area contributed by atoms with E-state index in [1.807, 2.05) is 0 Å². The Morgan fingerprint density at radius 2 is 1.94 bits per heavy atom. The third kappa shape index (κ3) is 4.53. The third-order valence-electron chi connectivity index (χ3n) is 1.98. The quantitative estimate of drug-likeness (QED) is 0.649. The molecule has 0 unspecified atom stereocenters. The maximum atomic E-state index is 13.4. The first kappa shape index (κ1) is 14.2. The van der Waals surface area contributed by atoms with Gasteiger partial charge < -0.3 is 4.74 Å². The Kier molecular flexibility index (Phi) is 4.42. The van der Waals surface area contributed by atoms with E-state index in [2.05, 4.69) is 10.5 Å². The summed E-state index contributed by atoms with van der Waals surface area (Å²) in [6.45, 7) is 6.86. The van der Waals surface area contributed by atoms with Crippen LogP contribution in [0, 0.1) is 5.82 Å². The molecule has 4 nitrogen and oxygen atoms in total. The lowest BCUT2D eigenvalue weighted by Crippen LogP contribution is -2.30. The first-order chi connectivity index (χ1) is 8.29. The molecule has 0 heterocycles. The van der Waals surface area contributed by atoms with Crippen LogP contribution in [0.3, 0.4) is 0 Å². The molecule has 0 spiro atoms. The van der Waals surface area contributed by atoms with Gasteiger partial charge in [0.1, 0.15) is 11.4 Å². The van der Waals surface area contributed by atoms with Gasteiger partial charge in [-0.1, -0.05) is 18.2 Å².